The molecule has 19 heavy (non-hydrogen) atoms. The zero-order chi connectivity index (χ0) is 14.0. The molecular formula is C16H25ClN2. The standard InChI is InChI=1S/C16H25ClN2/c1-11-6-4-5-7-16(11)19(3)13-8-9-14(12(2)18)15(17)10-13/h8-12,16H,4-7,18H2,1-3H3. The number of benzene rings is 1. The predicted molar refractivity (Wildman–Crippen MR) is 83.9 cm³/mol. The zero-order valence-electron chi connectivity index (χ0n) is 12.2. The molecule has 1 aliphatic carbocycles. The summed E-state index contributed by atoms with van der Waals surface area (Å²) in [6.07, 6.45) is 5.33. The van der Waals surface area contributed by atoms with Crippen LogP contribution in [-0.2, 0) is 0 Å². The van der Waals surface area contributed by atoms with Gasteiger partial charge in [0.2, 0.25) is 0 Å². The average molecular weight is 281 g/mol. The Hall–Kier alpha value is -0.730. The minimum absolute atomic E-state index is 0.0135. The SMILES string of the molecule is CC(N)c1ccc(N(C)C2CCCCC2C)cc1Cl. The van der Waals surface area contributed by atoms with Crippen molar-refractivity contribution in [2.75, 3.05) is 11.9 Å². The molecule has 0 bridgehead atoms. The Morgan fingerprint density at radius 3 is 2.58 bits per heavy atom. The summed E-state index contributed by atoms with van der Waals surface area (Å²) in [5.41, 5.74) is 8.13. The van der Waals surface area contributed by atoms with E-state index in [-0.39, 0.29) is 6.04 Å². The maximum absolute atomic E-state index is 6.34. The fraction of sp³-hybridized carbons (Fsp3) is 0.625. The van der Waals surface area contributed by atoms with Gasteiger partial charge in [0.1, 0.15) is 0 Å². The third-order valence-corrected chi connectivity index (χ3v) is 4.77. The van der Waals surface area contributed by atoms with Gasteiger partial charge in [-0.1, -0.05) is 37.4 Å². The van der Waals surface area contributed by atoms with Gasteiger partial charge in [-0.15, -0.1) is 0 Å². The smallest absolute Gasteiger partial charge is 0.0474 e. The lowest BCUT2D eigenvalue weighted by molar-refractivity contribution is 0.321. The summed E-state index contributed by atoms with van der Waals surface area (Å²) >= 11 is 6.34. The van der Waals surface area contributed by atoms with Gasteiger partial charge in [-0.05, 0) is 43.4 Å². The third-order valence-electron chi connectivity index (χ3n) is 4.45. The van der Waals surface area contributed by atoms with E-state index < -0.39 is 0 Å². The van der Waals surface area contributed by atoms with E-state index >= 15 is 0 Å². The summed E-state index contributed by atoms with van der Waals surface area (Å²) in [6.45, 7) is 4.33. The van der Waals surface area contributed by atoms with Crippen molar-refractivity contribution in [2.45, 2.75) is 51.6 Å². The van der Waals surface area contributed by atoms with E-state index in [1.165, 1.54) is 31.4 Å². The molecule has 106 valence electrons. The fourth-order valence-electron chi connectivity index (χ4n) is 3.17. The van der Waals surface area contributed by atoms with Crippen molar-refractivity contribution < 1.29 is 0 Å². The van der Waals surface area contributed by atoms with Crippen LogP contribution in [0, 0.1) is 5.92 Å². The van der Waals surface area contributed by atoms with Crippen molar-refractivity contribution in [3.63, 3.8) is 0 Å². The van der Waals surface area contributed by atoms with Crippen LogP contribution in [0.15, 0.2) is 18.2 Å². The summed E-state index contributed by atoms with van der Waals surface area (Å²) < 4.78 is 0. The quantitative estimate of drug-likeness (QED) is 0.890. The normalized spacial score (nSPS) is 25.1. The molecule has 0 aromatic heterocycles. The van der Waals surface area contributed by atoms with Gasteiger partial charge >= 0.3 is 0 Å². The van der Waals surface area contributed by atoms with Crippen LogP contribution >= 0.6 is 11.6 Å². The first-order valence-corrected chi connectivity index (χ1v) is 7.66. The van der Waals surface area contributed by atoms with E-state index in [0.29, 0.717) is 6.04 Å². The van der Waals surface area contributed by atoms with Gasteiger partial charge in [-0.3, -0.25) is 0 Å². The minimum Gasteiger partial charge on any atom is -0.371 e. The molecule has 0 saturated heterocycles. The highest BCUT2D eigenvalue weighted by Gasteiger charge is 2.25. The second kappa shape index (κ2) is 6.15. The lowest BCUT2D eigenvalue weighted by Crippen LogP contribution is -2.39. The number of hydrogen-bond donors (Lipinski definition) is 1. The molecule has 1 saturated carbocycles. The second-order valence-electron chi connectivity index (χ2n) is 5.93. The molecule has 3 heteroatoms. The van der Waals surface area contributed by atoms with Crippen LogP contribution in [0.4, 0.5) is 5.69 Å². The molecule has 1 fully saturated rings. The van der Waals surface area contributed by atoms with Crippen LogP contribution in [0.25, 0.3) is 0 Å². The lowest BCUT2D eigenvalue weighted by Gasteiger charge is -2.38. The van der Waals surface area contributed by atoms with Crippen molar-refractivity contribution >= 4 is 17.3 Å². The fourth-order valence-corrected chi connectivity index (χ4v) is 3.52. The van der Waals surface area contributed by atoms with Crippen molar-refractivity contribution in [1.82, 2.24) is 0 Å². The van der Waals surface area contributed by atoms with Crippen molar-refractivity contribution in [3.05, 3.63) is 28.8 Å². The monoisotopic (exact) mass is 280 g/mol. The third kappa shape index (κ3) is 3.24. The van der Waals surface area contributed by atoms with Crippen LogP contribution in [0.5, 0.6) is 0 Å². The Morgan fingerprint density at radius 1 is 1.32 bits per heavy atom. The van der Waals surface area contributed by atoms with E-state index in [1.807, 2.05) is 6.92 Å². The molecule has 3 atom stereocenters. The van der Waals surface area contributed by atoms with Crippen LogP contribution in [-0.4, -0.2) is 13.1 Å². The van der Waals surface area contributed by atoms with Crippen LogP contribution in [0.3, 0.4) is 0 Å². The Labute approximate surface area is 121 Å². The Balaban J connectivity index is 2.19. The highest BCUT2D eigenvalue weighted by atomic mass is 35.5. The number of hydrogen-bond acceptors (Lipinski definition) is 2. The van der Waals surface area contributed by atoms with Crippen LogP contribution in [0.2, 0.25) is 5.02 Å². The summed E-state index contributed by atoms with van der Waals surface area (Å²) in [4.78, 5) is 2.39. The molecule has 1 aromatic rings. The van der Waals surface area contributed by atoms with Gasteiger partial charge in [-0.25, -0.2) is 0 Å². The topological polar surface area (TPSA) is 29.3 Å². The first kappa shape index (κ1) is 14.7. The number of halogens is 1. The van der Waals surface area contributed by atoms with Crippen LogP contribution < -0.4 is 10.6 Å². The van der Waals surface area contributed by atoms with Gasteiger partial charge in [0.05, 0.1) is 0 Å². The molecule has 0 amide bonds. The summed E-state index contributed by atoms with van der Waals surface area (Å²) in [5.74, 6) is 0.755. The van der Waals surface area contributed by atoms with Gasteiger partial charge in [0, 0.05) is 29.8 Å². The van der Waals surface area contributed by atoms with E-state index in [1.54, 1.807) is 0 Å². The molecule has 2 rings (SSSR count). The first-order valence-electron chi connectivity index (χ1n) is 7.28. The highest BCUT2D eigenvalue weighted by molar-refractivity contribution is 6.31. The minimum atomic E-state index is -0.0135. The summed E-state index contributed by atoms with van der Waals surface area (Å²) in [5, 5.41) is 0.780. The van der Waals surface area contributed by atoms with Crippen molar-refractivity contribution in [1.29, 1.82) is 0 Å². The van der Waals surface area contributed by atoms with Gasteiger partial charge in [0.25, 0.3) is 0 Å². The summed E-state index contributed by atoms with van der Waals surface area (Å²) in [7, 11) is 2.18. The largest absolute Gasteiger partial charge is 0.371 e. The van der Waals surface area contributed by atoms with E-state index in [9.17, 15) is 0 Å². The maximum atomic E-state index is 6.34. The second-order valence-corrected chi connectivity index (χ2v) is 6.34. The summed E-state index contributed by atoms with van der Waals surface area (Å²) in [6, 6.07) is 6.88. The number of anilines is 1. The number of rotatable bonds is 3. The molecule has 2 nitrogen and oxygen atoms in total. The van der Waals surface area contributed by atoms with Gasteiger partial charge in [0.15, 0.2) is 0 Å². The van der Waals surface area contributed by atoms with Crippen LogP contribution in [0.1, 0.15) is 51.1 Å². The van der Waals surface area contributed by atoms with Crippen molar-refractivity contribution in [3.8, 4) is 0 Å². The van der Waals surface area contributed by atoms with E-state index in [4.69, 9.17) is 17.3 Å². The lowest BCUT2D eigenvalue weighted by atomic mass is 9.85. The zero-order valence-corrected chi connectivity index (χ0v) is 13.0. The molecular weight excluding hydrogens is 256 g/mol. The molecule has 3 unspecified atom stereocenters. The van der Waals surface area contributed by atoms with Gasteiger partial charge in [-0.2, -0.15) is 0 Å². The molecule has 0 aliphatic heterocycles. The molecule has 1 aliphatic rings. The van der Waals surface area contributed by atoms with E-state index in [0.717, 1.165) is 16.5 Å². The Bertz CT molecular complexity index is 431. The average Bonchev–Trinajstić information content (AvgIpc) is 2.38. The predicted octanol–water partition coefficient (Wildman–Crippen LogP) is 4.37. The van der Waals surface area contributed by atoms with Gasteiger partial charge < -0.3 is 10.6 Å². The molecule has 2 N–H and O–H groups in total. The molecule has 1 aromatic carbocycles. The highest BCUT2D eigenvalue weighted by Crippen LogP contribution is 2.33. The first-order chi connectivity index (χ1) is 9.00. The van der Waals surface area contributed by atoms with E-state index in [2.05, 4.69) is 37.1 Å². The Kier molecular flexibility index (Phi) is 4.75. The molecule has 0 heterocycles. The molecule has 0 radical (unpaired) electrons. The maximum Gasteiger partial charge on any atom is 0.0474 e. The molecule has 0 spiro atoms. The Morgan fingerprint density at radius 2 is 2.00 bits per heavy atom. The number of nitrogens with two attached hydrogens (primary N) is 1. The number of nitrogens with zero attached hydrogens (tertiary/aromatic N) is 1. The van der Waals surface area contributed by atoms with Crippen molar-refractivity contribution in [2.24, 2.45) is 11.7 Å².